The van der Waals surface area contributed by atoms with Crippen LogP contribution < -0.4 is 0 Å². The van der Waals surface area contributed by atoms with E-state index in [1.807, 2.05) is 26.0 Å². The Balaban J connectivity index is 2.86. The van der Waals surface area contributed by atoms with E-state index in [-0.39, 0.29) is 18.4 Å². The fourth-order valence-electron chi connectivity index (χ4n) is 1.67. The summed E-state index contributed by atoms with van der Waals surface area (Å²) in [6, 6.07) is 5.19. The summed E-state index contributed by atoms with van der Waals surface area (Å²) in [5.41, 5.74) is 2.78. The number of carbonyl (C=O) groups excluding carboxylic acids is 1. The standard InChI is InChI=1S/C14H19NO3/c1-9-5-6-12(7-10(9)2)14(18)15(4)11(3)8-13(16)17/h5-7,11H,8H2,1-4H3,(H,16,17). The molecule has 1 aromatic rings. The topological polar surface area (TPSA) is 57.6 Å². The maximum atomic E-state index is 12.2. The molecule has 1 rings (SSSR count). The van der Waals surface area contributed by atoms with Crippen LogP contribution in [0.1, 0.15) is 34.8 Å². The van der Waals surface area contributed by atoms with E-state index in [4.69, 9.17) is 5.11 Å². The Morgan fingerprint density at radius 2 is 1.89 bits per heavy atom. The van der Waals surface area contributed by atoms with Gasteiger partial charge in [0.2, 0.25) is 0 Å². The van der Waals surface area contributed by atoms with Crippen LogP contribution in [-0.2, 0) is 4.79 Å². The molecule has 0 spiro atoms. The second kappa shape index (κ2) is 5.67. The lowest BCUT2D eigenvalue weighted by atomic mass is 10.0. The van der Waals surface area contributed by atoms with Crippen molar-refractivity contribution >= 4 is 11.9 Å². The maximum absolute atomic E-state index is 12.2. The molecule has 0 saturated carbocycles. The Hall–Kier alpha value is -1.84. The first-order chi connectivity index (χ1) is 8.32. The summed E-state index contributed by atoms with van der Waals surface area (Å²) in [6.45, 7) is 5.67. The van der Waals surface area contributed by atoms with Gasteiger partial charge in [0, 0.05) is 18.7 Å². The second-order valence-electron chi connectivity index (χ2n) is 4.66. The summed E-state index contributed by atoms with van der Waals surface area (Å²) in [7, 11) is 1.63. The quantitative estimate of drug-likeness (QED) is 0.890. The van der Waals surface area contributed by atoms with Crippen molar-refractivity contribution in [1.82, 2.24) is 4.90 Å². The SMILES string of the molecule is Cc1ccc(C(=O)N(C)C(C)CC(=O)O)cc1C. The number of carboxylic acid groups (broad SMARTS) is 1. The third kappa shape index (κ3) is 3.32. The summed E-state index contributed by atoms with van der Waals surface area (Å²) in [5.74, 6) is -1.05. The van der Waals surface area contributed by atoms with E-state index in [0.29, 0.717) is 5.56 Å². The van der Waals surface area contributed by atoms with Crippen molar-refractivity contribution < 1.29 is 14.7 Å². The van der Waals surface area contributed by atoms with E-state index in [1.165, 1.54) is 4.90 Å². The minimum Gasteiger partial charge on any atom is -0.481 e. The van der Waals surface area contributed by atoms with Gasteiger partial charge in [-0.25, -0.2) is 0 Å². The van der Waals surface area contributed by atoms with E-state index >= 15 is 0 Å². The van der Waals surface area contributed by atoms with Gasteiger partial charge in [-0.05, 0) is 44.0 Å². The van der Waals surface area contributed by atoms with Crippen molar-refractivity contribution in [3.8, 4) is 0 Å². The maximum Gasteiger partial charge on any atom is 0.305 e. The molecule has 0 aromatic heterocycles. The van der Waals surface area contributed by atoms with Gasteiger partial charge in [0.25, 0.3) is 5.91 Å². The largest absolute Gasteiger partial charge is 0.481 e. The van der Waals surface area contributed by atoms with Crippen molar-refractivity contribution in [1.29, 1.82) is 0 Å². The molecule has 4 nitrogen and oxygen atoms in total. The van der Waals surface area contributed by atoms with Crippen molar-refractivity contribution in [3.63, 3.8) is 0 Å². The zero-order valence-corrected chi connectivity index (χ0v) is 11.2. The van der Waals surface area contributed by atoms with Crippen LogP contribution in [0.3, 0.4) is 0 Å². The second-order valence-corrected chi connectivity index (χ2v) is 4.66. The number of aryl methyl sites for hydroxylation is 2. The molecule has 0 fully saturated rings. The van der Waals surface area contributed by atoms with Crippen LogP contribution in [-0.4, -0.2) is 35.0 Å². The molecule has 0 bridgehead atoms. The fourth-order valence-corrected chi connectivity index (χ4v) is 1.67. The lowest BCUT2D eigenvalue weighted by molar-refractivity contribution is -0.137. The Kier molecular flexibility index (Phi) is 4.48. The highest BCUT2D eigenvalue weighted by Gasteiger charge is 2.19. The molecule has 0 aliphatic carbocycles. The fraction of sp³-hybridized carbons (Fsp3) is 0.429. The Morgan fingerprint density at radius 1 is 1.28 bits per heavy atom. The number of hydrogen-bond donors (Lipinski definition) is 1. The summed E-state index contributed by atoms with van der Waals surface area (Å²) in [6.07, 6.45) is -0.0485. The molecule has 0 saturated heterocycles. The van der Waals surface area contributed by atoms with Crippen molar-refractivity contribution in [2.24, 2.45) is 0 Å². The molecule has 1 atom stereocenters. The van der Waals surface area contributed by atoms with Gasteiger partial charge in [0.15, 0.2) is 0 Å². The molecule has 0 radical (unpaired) electrons. The van der Waals surface area contributed by atoms with Crippen LogP contribution >= 0.6 is 0 Å². The number of hydrogen-bond acceptors (Lipinski definition) is 2. The highest BCUT2D eigenvalue weighted by atomic mass is 16.4. The van der Waals surface area contributed by atoms with E-state index in [9.17, 15) is 9.59 Å². The molecule has 0 heterocycles. The van der Waals surface area contributed by atoms with Crippen LogP contribution in [0.15, 0.2) is 18.2 Å². The van der Waals surface area contributed by atoms with Crippen molar-refractivity contribution in [3.05, 3.63) is 34.9 Å². The number of carbonyl (C=O) groups is 2. The van der Waals surface area contributed by atoms with Gasteiger partial charge in [-0.15, -0.1) is 0 Å². The highest BCUT2D eigenvalue weighted by molar-refractivity contribution is 5.94. The van der Waals surface area contributed by atoms with Crippen LogP contribution in [0.2, 0.25) is 0 Å². The van der Waals surface area contributed by atoms with E-state index in [0.717, 1.165) is 11.1 Å². The van der Waals surface area contributed by atoms with Gasteiger partial charge >= 0.3 is 5.97 Å². The summed E-state index contributed by atoms with van der Waals surface area (Å²) in [5, 5.41) is 8.73. The lowest BCUT2D eigenvalue weighted by Gasteiger charge is -2.24. The molecule has 1 aromatic carbocycles. The highest BCUT2D eigenvalue weighted by Crippen LogP contribution is 2.13. The third-order valence-corrected chi connectivity index (χ3v) is 3.21. The molecule has 4 heteroatoms. The Bertz CT molecular complexity index is 468. The number of nitrogens with zero attached hydrogens (tertiary/aromatic N) is 1. The van der Waals surface area contributed by atoms with Gasteiger partial charge < -0.3 is 10.0 Å². The predicted octanol–water partition coefficient (Wildman–Crippen LogP) is 2.24. The molecular formula is C14H19NO3. The van der Waals surface area contributed by atoms with Crippen LogP contribution in [0, 0.1) is 13.8 Å². The average Bonchev–Trinajstić information content (AvgIpc) is 2.30. The van der Waals surface area contributed by atoms with Crippen LogP contribution in [0.4, 0.5) is 0 Å². The summed E-state index contributed by atoms with van der Waals surface area (Å²) < 4.78 is 0. The molecule has 98 valence electrons. The van der Waals surface area contributed by atoms with Gasteiger partial charge in [0.1, 0.15) is 0 Å². The van der Waals surface area contributed by atoms with Gasteiger partial charge in [0.05, 0.1) is 6.42 Å². The molecule has 18 heavy (non-hydrogen) atoms. The van der Waals surface area contributed by atoms with Crippen molar-refractivity contribution in [2.45, 2.75) is 33.2 Å². The number of benzene rings is 1. The lowest BCUT2D eigenvalue weighted by Crippen LogP contribution is -2.36. The van der Waals surface area contributed by atoms with Crippen LogP contribution in [0.5, 0.6) is 0 Å². The zero-order chi connectivity index (χ0) is 13.9. The number of aliphatic carboxylic acids is 1. The van der Waals surface area contributed by atoms with E-state index in [2.05, 4.69) is 0 Å². The molecule has 0 aliphatic heterocycles. The summed E-state index contributed by atoms with van der Waals surface area (Å²) >= 11 is 0. The first-order valence-electron chi connectivity index (χ1n) is 5.89. The minimum atomic E-state index is -0.901. The molecule has 1 unspecified atom stereocenters. The molecule has 1 N–H and O–H groups in total. The normalized spacial score (nSPS) is 12.0. The van der Waals surface area contributed by atoms with Gasteiger partial charge in [-0.1, -0.05) is 6.07 Å². The predicted molar refractivity (Wildman–Crippen MR) is 69.7 cm³/mol. The van der Waals surface area contributed by atoms with Gasteiger partial charge in [-0.2, -0.15) is 0 Å². The minimum absolute atomic E-state index is 0.0485. The number of rotatable bonds is 4. The smallest absolute Gasteiger partial charge is 0.305 e. The third-order valence-electron chi connectivity index (χ3n) is 3.21. The average molecular weight is 249 g/mol. The molecular weight excluding hydrogens is 230 g/mol. The summed E-state index contributed by atoms with van der Waals surface area (Å²) in [4.78, 5) is 24.3. The Labute approximate surface area is 107 Å². The van der Waals surface area contributed by atoms with Crippen LogP contribution in [0.25, 0.3) is 0 Å². The first kappa shape index (κ1) is 14.2. The molecule has 0 aliphatic rings. The number of amides is 1. The zero-order valence-electron chi connectivity index (χ0n) is 11.2. The van der Waals surface area contributed by atoms with Gasteiger partial charge in [-0.3, -0.25) is 9.59 Å². The van der Waals surface area contributed by atoms with E-state index < -0.39 is 5.97 Å². The van der Waals surface area contributed by atoms with Crippen molar-refractivity contribution in [2.75, 3.05) is 7.05 Å². The number of carboxylic acids is 1. The monoisotopic (exact) mass is 249 g/mol. The Morgan fingerprint density at radius 3 is 2.39 bits per heavy atom. The van der Waals surface area contributed by atoms with E-state index in [1.54, 1.807) is 20.0 Å². The molecule has 1 amide bonds. The first-order valence-corrected chi connectivity index (χ1v) is 5.89.